The molecule has 2 aromatic rings. The predicted molar refractivity (Wildman–Crippen MR) is 100 cm³/mol. The zero-order chi connectivity index (χ0) is 17.6. The van der Waals surface area contributed by atoms with Crippen molar-refractivity contribution in [1.82, 2.24) is 0 Å². The van der Waals surface area contributed by atoms with Gasteiger partial charge in [-0.2, -0.15) is 0 Å². The van der Waals surface area contributed by atoms with Gasteiger partial charge in [0.15, 0.2) is 0 Å². The third kappa shape index (κ3) is 4.37. The molecule has 1 fully saturated rings. The third-order valence-corrected chi connectivity index (χ3v) is 5.45. The van der Waals surface area contributed by atoms with E-state index in [0.29, 0.717) is 0 Å². The van der Waals surface area contributed by atoms with Crippen molar-refractivity contribution < 1.29 is 14.3 Å². The quantitative estimate of drug-likeness (QED) is 0.529. The maximum Gasteiger partial charge on any atom is 0.310 e. The number of ether oxygens (including phenoxy) is 1. The van der Waals surface area contributed by atoms with Crippen molar-refractivity contribution in [2.45, 2.75) is 31.8 Å². The van der Waals surface area contributed by atoms with Crippen LogP contribution in [0.3, 0.4) is 0 Å². The lowest BCUT2D eigenvalue weighted by molar-refractivity contribution is -0.155. The lowest BCUT2D eigenvalue weighted by atomic mass is 9.70. The Kier molecular flexibility index (Phi) is 6.03. The summed E-state index contributed by atoms with van der Waals surface area (Å²) >= 11 is 3.44. The normalized spacial score (nSPS) is 23.0. The molecular formula is C21H21BrO3. The minimum Gasteiger partial charge on any atom is -0.461 e. The molecule has 0 aromatic heterocycles. The van der Waals surface area contributed by atoms with Gasteiger partial charge in [-0.25, -0.2) is 0 Å². The summed E-state index contributed by atoms with van der Waals surface area (Å²) in [5, 5.41) is 0. The molecule has 0 amide bonds. The van der Waals surface area contributed by atoms with E-state index in [1.165, 1.54) is 0 Å². The van der Waals surface area contributed by atoms with E-state index in [4.69, 9.17) is 4.74 Å². The number of halogens is 1. The Morgan fingerprint density at radius 1 is 1.08 bits per heavy atom. The molecule has 0 saturated heterocycles. The molecule has 1 aliphatic rings. The molecule has 2 aromatic carbocycles. The van der Waals surface area contributed by atoms with E-state index in [2.05, 4.69) is 15.9 Å². The summed E-state index contributed by atoms with van der Waals surface area (Å²) in [4.78, 5) is 24.4. The fourth-order valence-electron chi connectivity index (χ4n) is 3.63. The Labute approximate surface area is 156 Å². The molecule has 0 unspecified atom stereocenters. The van der Waals surface area contributed by atoms with Crippen LogP contribution in [0.5, 0.6) is 0 Å². The summed E-state index contributed by atoms with van der Waals surface area (Å²) in [6, 6.07) is 17.6. The molecule has 130 valence electrons. The molecule has 25 heavy (non-hydrogen) atoms. The van der Waals surface area contributed by atoms with Crippen molar-refractivity contribution in [3.05, 3.63) is 70.2 Å². The molecule has 3 rings (SSSR count). The first-order chi connectivity index (χ1) is 12.2. The minimum atomic E-state index is -0.406. The van der Waals surface area contributed by atoms with Crippen LogP contribution in [0.1, 0.15) is 36.3 Å². The Bertz CT molecular complexity index is 712. The van der Waals surface area contributed by atoms with Gasteiger partial charge < -0.3 is 9.53 Å². The minimum absolute atomic E-state index is 0.0281. The Balaban J connectivity index is 1.78. The maximum atomic E-state index is 12.8. The number of carbonyl (C=O) groups is 2. The van der Waals surface area contributed by atoms with Crippen LogP contribution in [0.2, 0.25) is 0 Å². The molecular weight excluding hydrogens is 380 g/mol. The second-order valence-electron chi connectivity index (χ2n) is 6.51. The van der Waals surface area contributed by atoms with E-state index < -0.39 is 5.92 Å². The topological polar surface area (TPSA) is 43.4 Å². The van der Waals surface area contributed by atoms with Crippen LogP contribution in [-0.4, -0.2) is 12.3 Å². The van der Waals surface area contributed by atoms with Crippen LogP contribution in [0, 0.1) is 11.8 Å². The summed E-state index contributed by atoms with van der Waals surface area (Å²) in [5.74, 6) is -0.921. The number of benzene rings is 2. The highest BCUT2D eigenvalue weighted by Gasteiger charge is 2.40. The SMILES string of the molecule is O=C[C@@H]1CCC[C@H](c2ccc(Br)cc2)[C@H]1C(=O)OCc1ccccc1. The molecule has 1 aliphatic carbocycles. The van der Waals surface area contributed by atoms with Crippen molar-refractivity contribution in [2.24, 2.45) is 11.8 Å². The van der Waals surface area contributed by atoms with Crippen molar-refractivity contribution in [3.63, 3.8) is 0 Å². The largest absolute Gasteiger partial charge is 0.461 e. The molecule has 0 aliphatic heterocycles. The monoisotopic (exact) mass is 400 g/mol. The third-order valence-electron chi connectivity index (χ3n) is 4.92. The molecule has 4 heteroatoms. The van der Waals surface area contributed by atoms with Crippen molar-refractivity contribution in [3.8, 4) is 0 Å². The van der Waals surface area contributed by atoms with Crippen LogP contribution in [-0.2, 0) is 20.9 Å². The van der Waals surface area contributed by atoms with Gasteiger partial charge in [0.1, 0.15) is 12.9 Å². The molecule has 0 heterocycles. The standard InChI is InChI=1S/C21H21BrO3/c22-18-11-9-16(10-12-18)19-8-4-7-17(13-23)20(19)21(24)25-14-15-5-2-1-3-6-15/h1-3,5-6,9-13,17,19-20H,4,7-8,14H2/t17-,19+,20-/m0/s1. The van der Waals surface area contributed by atoms with Crippen molar-refractivity contribution in [1.29, 1.82) is 0 Å². The number of carbonyl (C=O) groups excluding carboxylic acids is 2. The van der Waals surface area contributed by atoms with Crippen molar-refractivity contribution >= 4 is 28.2 Å². The Morgan fingerprint density at radius 2 is 1.80 bits per heavy atom. The summed E-state index contributed by atoms with van der Waals surface area (Å²) in [6.45, 7) is 0.245. The van der Waals surface area contributed by atoms with E-state index in [9.17, 15) is 9.59 Å². The highest BCUT2D eigenvalue weighted by molar-refractivity contribution is 9.10. The molecule has 0 radical (unpaired) electrons. The fraction of sp³-hybridized carbons (Fsp3) is 0.333. The molecule has 3 nitrogen and oxygen atoms in total. The number of rotatable bonds is 5. The van der Waals surface area contributed by atoms with Crippen LogP contribution in [0.25, 0.3) is 0 Å². The molecule has 1 saturated carbocycles. The first-order valence-corrected chi connectivity index (χ1v) is 9.39. The highest BCUT2D eigenvalue weighted by Crippen LogP contribution is 2.41. The van der Waals surface area contributed by atoms with E-state index >= 15 is 0 Å². The predicted octanol–water partition coefficient (Wildman–Crippen LogP) is 4.89. The fourth-order valence-corrected chi connectivity index (χ4v) is 3.90. The summed E-state index contributed by atoms with van der Waals surface area (Å²) in [5.41, 5.74) is 2.05. The van der Waals surface area contributed by atoms with Gasteiger partial charge in [0.05, 0.1) is 5.92 Å². The molecule has 3 atom stereocenters. The number of aldehydes is 1. The van der Waals surface area contributed by atoms with Crippen LogP contribution < -0.4 is 0 Å². The van der Waals surface area contributed by atoms with E-state index in [-0.39, 0.29) is 24.4 Å². The second kappa shape index (κ2) is 8.43. The average molecular weight is 401 g/mol. The highest BCUT2D eigenvalue weighted by atomic mass is 79.9. The lowest BCUT2D eigenvalue weighted by Gasteiger charge is -2.34. The van der Waals surface area contributed by atoms with Crippen LogP contribution in [0.4, 0.5) is 0 Å². The van der Waals surface area contributed by atoms with E-state index in [1.54, 1.807) is 0 Å². The van der Waals surface area contributed by atoms with Crippen LogP contribution >= 0.6 is 15.9 Å². The smallest absolute Gasteiger partial charge is 0.310 e. The van der Waals surface area contributed by atoms with Gasteiger partial charge in [-0.05, 0) is 42.0 Å². The zero-order valence-electron chi connectivity index (χ0n) is 13.9. The Hall–Kier alpha value is -1.94. The van der Waals surface area contributed by atoms with Gasteiger partial charge in [0.2, 0.25) is 0 Å². The first-order valence-electron chi connectivity index (χ1n) is 8.60. The first kappa shape index (κ1) is 17.9. The van der Waals surface area contributed by atoms with Gasteiger partial charge in [0.25, 0.3) is 0 Å². The number of hydrogen-bond donors (Lipinski definition) is 0. The molecule has 0 spiro atoms. The van der Waals surface area contributed by atoms with Gasteiger partial charge in [-0.1, -0.05) is 64.8 Å². The Morgan fingerprint density at radius 3 is 2.48 bits per heavy atom. The van der Waals surface area contributed by atoms with Gasteiger partial charge in [0, 0.05) is 10.4 Å². The number of esters is 1. The summed E-state index contributed by atoms with van der Waals surface area (Å²) < 4.78 is 6.57. The summed E-state index contributed by atoms with van der Waals surface area (Å²) in [7, 11) is 0. The average Bonchev–Trinajstić information content (AvgIpc) is 2.67. The molecule has 0 N–H and O–H groups in total. The maximum absolute atomic E-state index is 12.8. The number of hydrogen-bond acceptors (Lipinski definition) is 3. The van der Waals surface area contributed by atoms with Gasteiger partial charge in [-0.15, -0.1) is 0 Å². The zero-order valence-corrected chi connectivity index (χ0v) is 15.5. The van der Waals surface area contributed by atoms with Gasteiger partial charge in [-0.3, -0.25) is 4.79 Å². The van der Waals surface area contributed by atoms with Gasteiger partial charge >= 0.3 is 5.97 Å². The van der Waals surface area contributed by atoms with Crippen molar-refractivity contribution in [2.75, 3.05) is 0 Å². The van der Waals surface area contributed by atoms with E-state index in [1.807, 2.05) is 54.6 Å². The van der Waals surface area contributed by atoms with E-state index in [0.717, 1.165) is 41.1 Å². The lowest BCUT2D eigenvalue weighted by Crippen LogP contribution is -2.35. The van der Waals surface area contributed by atoms with Crippen LogP contribution in [0.15, 0.2) is 59.1 Å². The summed E-state index contributed by atoms with van der Waals surface area (Å²) in [6.07, 6.45) is 3.53. The second-order valence-corrected chi connectivity index (χ2v) is 7.42. The molecule has 0 bridgehead atoms.